The molecule has 1 aromatic carbocycles. The third-order valence-corrected chi connectivity index (χ3v) is 13.4. The summed E-state index contributed by atoms with van der Waals surface area (Å²) in [5, 5.41) is 10.4. The van der Waals surface area contributed by atoms with Gasteiger partial charge in [-0.25, -0.2) is 0 Å². The van der Waals surface area contributed by atoms with E-state index in [-0.39, 0.29) is 29.8 Å². The van der Waals surface area contributed by atoms with Gasteiger partial charge in [-0.15, -0.1) is 0 Å². The van der Waals surface area contributed by atoms with Crippen LogP contribution in [-0.4, -0.2) is 52.9 Å². The van der Waals surface area contributed by atoms with Crippen LogP contribution in [0.3, 0.4) is 0 Å². The first-order valence-electron chi connectivity index (χ1n) is 17.1. The third-order valence-electron chi connectivity index (χ3n) is 13.4. The Balaban J connectivity index is 1.07. The highest BCUT2D eigenvalue weighted by Crippen LogP contribution is 2.65. The average molecular weight is 576 g/mol. The van der Waals surface area contributed by atoms with E-state index in [4.69, 9.17) is 9.47 Å². The molecule has 5 heteroatoms. The van der Waals surface area contributed by atoms with E-state index in [1.165, 1.54) is 32.1 Å². The number of hydrogen-bond donors (Lipinski definition) is 1. The largest absolute Gasteiger partial charge is 0.460 e. The summed E-state index contributed by atoms with van der Waals surface area (Å²) in [6.07, 6.45) is 11.8. The van der Waals surface area contributed by atoms with Gasteiger partial charge in [-0.1, -0.05) is 62.2 Å². The minimum atomic E-state index is -0.126. The lowest BCUT2D eigenvalue weighted by Gasteiger charge is -2.53. The minimum absolute atomic E-state index is 0.0788. The number of carbonyl (C=O) groups is 1. The van der Waals surface area contributed by atoms with Crippen LogP contribution in [0.4, 0.5) is 0 Å². The van der Waals surface area contributed by atoms with Gasteiger partial charge in [0.1, 0.15) is 6.61 Å². The topological polar surface area (TPSA) is 59.0 Å². The highest BCUT2D eigenvalue weighted by molar-refractivity contribution is 5.71. The standard InChI is InChI=1S/C37H53NO4/c1-23-16-33-35(38(20-23)21-34(40)41-22-26-8-6-5-7-9-26)25(3)37(42-33)15-13-29-30-11-10-27-17-28(39)12-14-36(27,4)32(30)18-31(29)24(2)19-37/h5-9,23,25,27-30,32-33,35,39H,10-22H2,1-4H3/t23-,25+,27+,28-,29-,30-,32-,33+,35-,36-,37-/m0/s1. The minimum Gasteiger partial charge on any atom is -0.460 e. The number of aliphatic hydroxyl groups excluding tert-OH is 1. The molecule has 0 aromatic heterocycles. The first-order chi connectivity index (χ1) is 20.2. The summed E-state index contributed by atoms with van der Waals surface area (Å²) in [5.41, 5.74) is 4.69. The van der Waals surface area contributed by atoms with Crippen LogP contribution < -0.4 is 0 Å². The summed E-state index contributed by atoms with van der Waals surface area (Å²) in [6, 6.07) is 10.3. The fourth-order valence-corrected chi connectivity index (χ4v) is 11.3. The average Bonchev–Trinajstić information content (AvgIpc) is 3.43. The Morgan fingerprint density at radius 1 is 1.10 bits per heavy atom. The van der Waals surface area contributed by atoms with Crippen molar-refractivity contribution in [1.29, 1.82) is 0 Å². The fraction of sp³-hybridized carbons (Fsp3) is 0.757. The van der Waals surface area contributed by atoms with Crippen molar-refractivity contribution in [3.63, 3.8) is 0 Å². The SMILES string of the molecule is CC1=C2C[C@H]3[C@@H](CC[C@@H]4C[C@@H](O)CC[C@@]43C)[C@@H]2CC[C@@]2(C1)O[C@@H]1C[C@H](C)CN(CC(=O)OCc3ccccc3)[C@H]1[C@H]2C. The Morgan fingerprint density at radius 2 is 1.90 bits per heavy atom. The third kappa shape index (κ3) is 4.90. The van der Waals surface area contributed by atoms with Gasteiger partial charge in [-0.2, -0.15) is 0 Å². The second-order valence-electron chi connectivity index (χ2n) is 15.7. The van der Waals surface area contributed by atoms with E-state index in [1.807, 2.05) is 30.3 Å². The molecule has 5 fully saturated rings. The van der Waals surface area contributed by atoms with Crippen molar-refractivity contribution < 1.29 is 19.4 Å². The molecule has 7 rings (SSSR count). The quantitative estimate of drug-likeness (QED) is 0.312. The molecule has 6 aliphatic rings. The summed E-state index contributed by atoms with van der Waals surface area (Å²) in [6.45, 7) is 11.4. The number of aliphatic hydroxyl groups is 1. The molecule has 0 bridgehead atoms. The number of esters is 1. The van der Waals surface area contributed by atoms with Gasteiger partial charge in [0.15, 0.2) is 0 Å². The Morgan fingerprint density at radius 3 is 2.71 bits per heavy atom. The molecule has 2 aliphatic heterocycles. The summed E-state index contributed by atoms with van der Waals surface area (Å²) in [7, 11) is 0. The summed E-state index contributed by atoms with van der Waals surface area (Å²) >= 11 is 0. The van der Waals surface area contributed by atoms with Crippen LogP contribution in [0.1, 0.15) is 97.5 Å². The fourth-order valence-electron chi connectivity index (χ4n) is 11.3. The Hall–Kier alpha value is -1.69. The molecule has 5 nitrogen and oxygen atoms in total. The lowest BCUT2D eigenvalue weighted by molar-refractivity contribution is -0.148. The number of rotatable bonds is 4. The Kier molecular flexibility index (Phi) is 7.63. The number of likely N-dealkylation sites (tertiary alicyclic amines) is 1. The van der Waals surface area contributed by atoms with E-state index in [9.17, 15) is 9.90 Å². The summed E-state index contributed by atoms with van der Waals surface area (Å²) < 4.78 is 13.0. The Bertz CT molecular complexity index is 1200. The van der Waals surface area contributed by atoms with Crippen LogP contribution in [-0.2, 0) is 20.9 Å². The molecule has 0 radical (unpaired) electrons. The second-order valence-corrected chi connectivity index (χ2v) is 15.7. The monoisotopic (exact) mass is 575 g/mol. The van der Waals surface area contributed by atoms with Crippen LogP contribution in [0.25, 0.3) is 0 Å². The van der Waals surface area contributed by atoms with Gasteiger partial charge >= 0.3 is 5.97 Å². The van der Waals surface area contributed by atoms with Crippen LogP contribution in [0.5, 0.6) is 0 Å². The maximum absolute atomic E-state index is 13.0. The molecular formula is C37H53NO4. The molecule has 3 saturated carbocycles. The molecule has 230 valence electrons. The zero-order valence-corrected chi connectivity index (χ0v) is 26.4. The molecule has 2 heterocycles. The van der Waals surface area contributed by atoms with E-state index in [0.717, 1.165) is 56.0 Å². The van der Waals surface area contributed by atoms with Crippen molar-refractivity contribution in [1.82, 2.24) is 4.90 Å². The number of nitrogens with zero attached hydrogens (tertiary/aromatic N) is 1. The van der Waals surface area contributed by atoms with Gasteiger partial charge in [0.25, 0.3) is 0 Å². The predicted octanol–water partition coefficient (Wildman–Crippen LogP) is 6.93. The molecule has 4 aliphatic carbocycles. The molecule has 42 heavy (non-hydrogen) atoms. The molecule has 1 N–H and O–H groups in total. The summed E-state index contributed by atoms with van der Waals surface area (Å²) in [5.74, 6) is 3.76. The van der Waals surface area contributed by atoms with Crippen LogP contribution in [0.2, 0.25) is 0 Å². The molecule has 0 amide bonds. The van der Waals surface area contributed by atoms with E-state index < -0.39 is 0 Å². The van der Waals surface area contributed by atoms with Crippen LogP contribution >= 0.6 is 0 Å². The molecule has 1 aromatic rings. The Labute approximate surface area is 253 Å². The van der Waals surface area contributed by atoms with E-state index in [0.29, 0.717) is 42.2 Å². The number of hydrogen-bond acceptors (Lipinski definition) is 5. The lowest BCUT2D eigenvalue weighted by Crippen LogP contribution is -2.53. The highest BCUT2D eigenvalue weighted by atomic mass is 16.5. The van der Waals surface area contributed by atoms with Crippen molar-refractivity contribution >= 4 is 5.97 Å². The lowest BCUT2D eigenvalue weighted by atomic mass is 9.52. The normalized spacial score (nSPS) is 45.1. The van der Waals surface area contributed by atoms with Gasteiger partial charge in [0, 0.05) is 18.5 Å². The highest BCUT2D eigenvalue weighted by Gasteiger charge is 2.60. The van der Waals surface area contributed by atoms with Gasteiger partial charge in [-0.3, -0.25) is 9.69 Å². The van der Waals surface area contributed by atoms with E-state index in [2.05, 4.69) is 32.6 Å². The van der Waals surface area contributed by atoms with E-state index >= 15 is 0 Å². The molecule has 1 spiro atoms. The molecular weight excluding hydrogens is 522 g/mol. The first kappa shape index (κ1) is 29.0. The van der Waals surface area contributed by atoms with Crippen LogP contribution in [0.15, 0.2) is 41.5 Å². The maximum Gasteiger partial charge on any atom is 0.320 e. The van der Waals surface area contributed by atoms with Crippen molar-refractivity contribution in [2.24, 2.45) is 40.9 Å². The first-order valence-corrected chi connectivity index (χ1v) is 17.1. The molecule has 0 unspecified atom stereocenters. The smallest absolute Gasteiger partial charge is 0.320 e. The molecule has 2 saturated heterocycles. The molecule has 11 atom stereocenters. The summed E-state index contributed by atoms with van der Waals surface area (Å²) in [4.78, 5) is 15.5. The number of fused-ring (bicyclic) bond motifs is 6. The van der Waals surface area contributed by atoms with Gasteiger partial charge in [0.05, 0.1) is 24.4 Å². The van der Waals surface area contributed by atoms with Crippen molar-refractivity contribution in [2.75, 3.05) is 13.1 Å². The van der Waals surface area contributed by atoms with Crippen molar-refractivity contribution in [3.8, 4) is 0 Å². The predicted molar refractivity (Wildman–Crippen MR) is 164 cm³/mol. The zero-order valence-electron chi connectivity index (χ0n) is 26.4. The van der Waals surface area contributed by atoms with Crippen molar-refractivity contribution in [2.45, 2.75) is 122 Å². The van der Waals surface area contributed by atoms with Gasteiger partial charge < -0.3 is 14.6 Å². The number of ether oxygens (including phenoxy) is 2. The number of carbonyl (C=O) groups excluding carboxylic acids is 1. The van der Waals surface area contributed by atoms with Gasteiger partial charge in [0.2, 0.25) is 0 Å². The van der Waals surface area contributed by atoms with Crippen LogP contribution in [0, 0.1) is 40.9 Å². The maximum atomic E-state index is 13.0. The number of allylic oxidation sites excluding steroid dienone is 1. The zero-order chi connectivity index (χ0) is 29.2. The number of piperidine rings is 1. The van der Waals surface area contributed by atoms with Gasteiger partial charge in [-0.05, 0) is 112 Å². The van der Waals surface area contributed by atoms with Crippen molar-refractivity contribution in [3.05, 3.63) is 47.0 Å². The second kappa shape index (κ2) is 11.0. The van der Waals surface area contributed by atoms with E-state index in [1.54, 1.807) is 11.1 Å². The number of benzene rings is 1.